The molecule has 0 aliphatic rings. The van der Waals surface area contributed by atoms with E-state index >= 15 is 0 Å². The molecule has 0 aromatic heterocycles. The summed E-state index contributed by atoms with van der Waals surface area (Å²) in [6.45, 7) is 7.02. The molecular formula is C13H20O4. The minimum absolute atomic E-state index is 0.285. The highest BCUT2D eigenvalue weighted by molar-refractivity contribution is 5.82. The summed E-state index contributed by atoms with van der Waals surface area (Å²) in [5, 5.41) is 0. The number of hydrogen-bond acceptors (Lipinski definition) is 4. The van der Waals surface area contributed by atoms with Crippen LogP contribution in [0.1, 0.15) is 34.1 Å². The largest absolute Gasteiger partial charge is 0.459 e. The Kier molecular flexibility index (Phi) is 7.76. The second-order valence-electron chi connectivity index (χ2n) is 3.73. The van der Waals surface area contributed by atoms with Gasteiger partial charge in [-0.2, -0.15) is 0 Å². The van der Waals surface area contributed by atoms with Crippen molar-refractivity contribution in [1.82, 2.24) is 0 Å². The molecule has 0 N–H and O–H groups in total. The Bertz CT molecular complexity index is 275. The van der Waals surface area contributed by atoms with Crippen molar-refractivity contribution in [3.05, 3.63) is 24.3 Å². The molecule has 4 heteroatoms. The molecule has 17 heavy (non-hydrogen) atoms. The fourth-order valence-corrected chi connectivity index (χ4v) is 1.31. The van der Waals surface area contributed by atoms with Crippen molar-refractivity contribution in [2.75, 3.05) is 0 Å². The first-order valence-electron chi connectivity index (χ1n) is 5.66. The Morgan fingerprint density at radius 3 is 1.59 bits per heavy atom. The predicted molar refractivity (Wildman–Crippen MR) is 65.4 cm³/mol. The Labute approximate surface area is 102 Å². The highest BCUT2D eigenvalue weighted by Crippen LogP contribution is 2.07. The van der Waals surface area contributed by atoms with E-state index in [2.05, 4.69) is 0 Å². The van der Waals surface area contributed by atoms with Gasteiger partial charge in [0.25, 0.3) is 0 Å². The molecule has 0 saturated carbocycles. The van der Waals surface area contributed by atoms with Crippen molar-refractivity contribution in [2.45, 2.75) is 46.3 Å². The van der Waals surface area contributed by atoms with Crippen LogP contribution in [0.3, 0.4) is 0 Å². The molecular weight excluding hydrogens is 220 g/mol. The highest BCUT2D eigenvalue weighted by Gasteiger charge is 2.14. The lowest BCUT2D eigenvalue weighted by atomic mass is 10.2. The third kappa shape index (κ3) is 8.25. The molecule has 0 spiro atoms. The summed E-state index contributed by atoms with van der Waals surface area (Å²) in [7, 11) is 0. The van der Waals surface area contributed by atoms with Gasteiger partial charge in [-0.15, -0.1) is 0 Å². The summed E-state index contributed by atoms with van der Waals surface area (Å²) in [6.07, 6.45) is 5.85. The minimum Gasteiger partial charge on any atom is -0.459 e. The van der Waals surface area contributed by atoms with Gasteiger partial charge in [-0.1, -0.05) is 12.2 Å². The van der Waals surface area contributed by atoms with E-state index in [0.717, 1.165) is 0 Å². The van der Waals surface area contributed by atoms with Crippen molar-refractivity contribution >= 4 is 11.9 Å². The molecule has 2 unspecified atom stereocenters. The van der Waals surface area contributed by atoms with Crippen LogP contribution in [0.5, 0.6) is 0 Å². The van der Waals surface area contributed by atoms with Gasteiger partial charge in [0.2, 0.25) is 0 Å². The molecule has 4 nitrogen and oxygen atoms in total. The summed E-state index contributed by atoms with van der Waals surface area (Å²) >= 11 is 0. The van der Waals surface area contributed by atoms with Crippen LogP contribution in [-0.4, -0.2) is 24.1 Å². The van der Waals surface area contributed by atoms with Gasteiger partial charge < -0.3 is 9.47 Å². The predicted octanol–water partition coefficient (Wildman–Crippen LogP) is 2.39. The summed E-state index contributed by atoms with van der Waals surface area (Å²) in [5.74, 6) is -0.765. The first kappa shape index (κ1) is 15.4. The summed E-state index contributed by atoms with van der Waals surface area (Å²) < 4.78 is 10.1. The number of ether oxygens (including phenoxy) is 2. The summed E-state index contributed by atoms with van der Waals surface area (Å²) in [4.78, 5) is 22.3. The van der Waals surface area contributed by atoms with E-state index in [4.69, 9.17) is 9.47 Å². The van der Waals surface area contributed by atoms with Crippen LogP contribution < -0.4 is 0 Å². The molecule has 96 valence electrons. The molecule has 0 saturated heterocycles. The first-order chi connectivity index (χ1) is 7.99. The van der Waals surface area contributed by atoms with Crippen molar-refractivity contribution in [3.8, 4) is 0 Å². The zero-order valence-electron chi connectivity index (χ0n) is 10.8. The molecule has 0 bridgehead atoms. The van der Waals surface area contributed by atoms with Crippen LogP contribution >= 0.6 is 0 Å². The average Bonchev–Trinajstić information content (AvgIpc) is 2.16. The van der Waals surface area contributed by atoms with E-state index in [0.29, 0.717) is 6.42 Å². The average molecular weight is 240 g/mol. The fourth-order valence-electron chi connectivity index (χ4n) is 1.31. The molecule has 0 aliphatic heterocycles. The standard InChI is InChI=1S/C13H20O4/c1-5-7-12(14)16-10(3)9-11(4)17-13(15)8-6-2/h5-8,10-11H,9H2,1-4H3/b7-5+,8-6+. The van der Waals surface area contributed by atoms with Crippen molar-refractivity contribution in [2.24, 2.45) is 0 Å². The maximum Gasteiger partial charge on any atom is 0.330 e. The molecule has 0 fully saturated rings. The first-order valence-corrected chi connectivity index (χ1v) is 5.66. The lowest BCUT2D eigenvalue weighted by molar-refractivity contribution is -0.147. The van der Waals surface area contributed by atoms with Crippen LogP contribution in [0.25, 0.3) is 0 Å². The van der Waals surface area contributed by atoms with Gasteiger partial charge in [-0.05, 0) is 27.7 Å². The zero-order valence-corrected chi connectivity index (χ0v) is 10.8. The Hall–Kier alpha value is -1.58. The third-order valence-corrected chi connectivity index (χ3v) is 1.90. The molecule has 0 heterocycles. The smallest absolute Gasteiger partial charge is 0.330 e. The molecule has 0 aromatic rings. The highest BCUT2D eigenvalue weighted by atomic mass is 16.6. The van der Waals surface area contributed by atoms with Crippen molar-refractivity contribution in [1.29, 1.82) is 0 Å². The quantitative estimate of drug-likeness (QED) is 0.528. The number of carbonyl (C=O) groups is 2. The van der Waals surface area contributed by atoms with Crippen molar-refractivity contribution < 1.29 is 19.1 Å². The number of rotatable bonds is 6. The third-order valence-electron chi connectivity index (χ3n) is 1.90. The normalized spacial score (nSPS) is 14.8. The maximum atomic E-state index is 11.1. The zero-order chi connectivity index (χ0) is 13.3. The van der Waals surface area contributed by atoms with E-state index in [1.807, 2.05) is 0 Å². The van der Waals surface area contributed by atoms with Crippen LogP contribution in [0.15, 0.2) is 24.3 Å². The maximum absolute atomic E-state index is 11.1. The van der Waals surface area contributed by atoms with Crippen LogP contribution in [0.2, 0.25) is 0 Å². The van der Waals surface area contributed by atoms with E-state index in [1.54, 1.807) is 39.8 Å². The van der Waals surface area contributed by atoms with Crippen LogP contribution in [-0.2, 0) is 19.1 Å². The Morgan fingerprint density at radius 2 is 1.29 bits per heavy atom. The summed E-state index contributed by atoms with van der Waals surface area (Å²) in [6, 6.07) is 0. The number of esters is 2. The molecule has 0 radical (unpaired) electrons. The van der Waals surface area contributed by atoms with Gasteiger partial charge in [-0.25, -0.2) is 9.59 Å². The van der Waals surface area contributed by atoms with Crippen molar-refractivity contribution in [3.63, 3.8) is 0 Å². The van der Waals surface area contributed by atoms with E-state index in [1.165, 1.54) is 12.2 Å². The monoisotopic (exact) mass is 240 g/mol. The number of allylic oxidation sites excluding steroid dienone is 2. The summed E-state index contributed by atoms with van der Waals surface area (Å²) in [5.41, 5.74) is 0. The van der Waals surface area contributed by atoms with E-state index in [-0.39, 0.29) is 24.1 Å². The van der Waals surface area contributed by atoms with Gasteiger partial charge in [-0.3, -0.25) is 0 Å². The molecule has 0 rings (SSSR count). The van der Waals surface area contributed by atoms with Gasteiger partial charge in [0.15, 0.2) is 0 Å². The van der Waals surface area contributed by atoms with Gasteiger partial charge in [0.05, 0.1) is 0 Å². The second kappa shape index (κ2) is 8.56. The van der Waals surface area contributed by atoms with Crippen LogP contribution in [0.4, 0.5) is 0 Å². The molecule has 0 aliphatic carbocycles. The minimum atomic E-state index is -0.382. The van der Waals surface area contributed by atoms with E-state index < -0.39 is 0 Å². The van der Waals surface area contributed by atoms with Gasteiger partial charge in [0.1, 0.15) is 12.2 Å². The second-order valence-corrected chi connectivity index (χ2v) is 3.73. The Balaban J connectivity index is 3.99. The number of hydrogen-bond donors (Lipinski definition) is 0. The van der Waals surface area contributed by atoms with Gasteiger partial charge >= 0.3 is 11.9 Å². The molecule has 2 atom stereocenters. The van der Waals surface area contributed by atoms with Crippen LogP contribution in [0, 0.1) is 0 Å². The topological polar surface area (TPSA) is 52.6 Å². The van der Waals surface area contributed by atoms with E-state index in [9.17, 15) is 9.59 Å². The Morgan fingerprint density at radius 1 is 0.941 bits per heavy atom. The fraction of sp³-hybridized carbons (Fsp3) is 0.538. The molecule has 0 aromatic carbocycles. The lowest BCUT2D eigenvalue weighted by Crippen LogP contribution is -2.22. The number of carbonyl (C=O) groups excluding carboxylic acids is 2. The SMILES string of the molecule is C/C=C/C(=O)OC(C)CC(C)OC(=O)/C=C/C. The van der Waals surface area contributed by atoms with Gasteiger partial charge in [0, 0.05) is 18.6 Å². The molecule has 0 amide bonds. The lowest BCUT2D eigenvalue weighted by Gasteiger charge is -2.17.